The molecule has 0 N–H and O–H groups in total. The SMILES string of the molecule is COc1ccc2c(c1)nc(CCCl)n2CC(=O)N(C)C. The van der Waals surface area contributed by atoms with Gasteiger partial charge in [0.05, 0.1) is 18.1 Å². The van der Waals surface area contributed by atoms with Crippen molar-refractivity contribution in [2.45, 2.75) is 13.0 Å². The molecule has 0 radical (unpaired) electrons. The first-order valence-electron chi connectivity index (χ1n) is 6.36. The number of imidazole rings is 1. The van der Waals surface area contributed by atoms with Gasteiger partial charge in [-0.25, -0.2) is 4.98 Å². The fraction of sp³-hybridized carbons (Fsp3) is 0.429. The summed E-state index contributed by atoms with van der Waals surface area (Å²) >= 11 is 5.82. The number of likely N-dealkylation sites (N-methyl/N-ethyl adjacent to an activating group) is 1. The molecular formula is C14H18ClN3O2. The fourth-order valence-electron chi connectivity index (χ4n) is 2.01. The predicted octanol–water partition coefficient (Wildman–Crippen LogP) is 1.91. The number of aryl methyl sites for hydroxylation is 1. The Morgan fingerprint density at radius 2 is 2.20 bits per heavy atom. The van der Waals surface area contributed by atoms with Crippen molar-refractivity contribution in [3.8, 4) is 5.75 Å². The van der Waals surface area contributed by atoms with Gasteiger partial charge in [0.25, 0.3) is 0 Å². The molecule has 1 heterocycles. The summed E-state index contributed by atoms with van der Waals surface area (Å²) in [6.45, 7) is 0.266. The lowest BCUT2D eigenvalue weighted by Crippen LogP contribution is -2.27. The van der Waals surface area contributed by atoms with Crippen LogP contribution in [0.1, 0.15) is 5.82 Å². The molecule has 0 atom stereocenters. The zero-order valence-electron chi connectivity index (χ0n) is 11.9. The topological polar surface area (TPSA) is 47.4 Å². The molecule has 1 amide bonds. The van der Waals surface area contributed by atoms with Crippen LogP contribution >= 0.6 is 11.6 Å². The summed E-state index contributed by atoms with van der Waals surface area (Å²) in [5, 5.41) is 0. The van der Waals surface area contributed by atoms with Gasteiger partial charge in [0.2, 0.25) is 5.91 Å². The van der Waals surface area contributed by atoms with Crippen molar-refractivity contribution in [1.82, 2.24) is 14.5 Å². The van der Waals surface area contributed by atoms with Crippen molar-refractivity contribution in [1.29, 1.82) is 0 Å². The first-order chi connectivity index (χ1) is 9.56. The van der Waals surface area contributed by atoms with E-state index in [0.29, 0.717) is 12.3 Å². The van der Waals surface area contributed by atoms with Crippen molar-refractivity contribution in [3.63, 3.8) is 0 Å². The van der Waals surface area contributed by atoms with E-state index < -0.39 is 0 Å². The number of carbonyl (C=O) groups is 1. The second kappa shape index (κ2) is 6.13. The number of halogens is 1. The van der Waals surface area contributed by atoms with Crippen LogP contribution in [0.2, 0.25) is 0 Å². The van der Waals surface area contributed by atoms with E-state index in [9.17, 15) is 4.79 Å². The number of benzene rings is 1. The molecule has 0 aliphatic carbocycles. The lowest BCUT2D eigenvalue weighted by molar-refractivity contribution is -0.129. The van der Waals surface area contributed by atoms with Crippen molar-refractivity contribution in [2.75, 3.05) is 27.1 Å². The van der Waals surface area contributed by atoms with Gasteiger partial charge in [-0.1, -0.05) is 0 Å². The van der Waals surface area contributed by atoms with E-state index in [-0.39, 0.29) is 12.5 Å². The zero-order chi connectivity index (χ0) is 14.7. The Bertz CT molecular complexity index is 622. The molecule has 108 valence electrons. The molecule has 0 bridgehead atoms. The molecule has 2 aromatic rings. The Hall–Kier alpha value is -1.75. The zero-order valence-corrected chi connectivity index (χ0v) is 12.6. The number of fused-ring (bicyclic) bond motifs is 1. The van der Waals surface area contributed by atoms with Crippen LogP contribution in [0.5, 0.6) is 5.75 Å². The number of rotatable bonds is 5. The van der Waals surface area contributed by atoms with Crippen LogP contribution < -0.4 is 4.74 Å². The first kappa shape index (κ1) is 14.7. The molecule has 0 unspecified atom stereocenters. The number of carbonyl (C=O) groups excluding carboxylic acids is 1. The molecule has 0 fully saturated rings. The predicted molar refractivity (Wildman–Crippen MR) is 79.4 cm³/mol. The van der Waals surface area contributed by atoms with E-state index in [1.54, 1.807) is 26.1 Å². The minimum absolute atomic E-state index is 0.0240. The number of methoxy groups -OCH3 is 1. The molecule has 0 aliphatic rings. The quantitative estimate of drug-likeness (QED) is 0.792. The normalized spacial score (nSPS) is 10.8. The van der Waals surface area contributed by atoms with Crippen LogP contribution in [-0.4, -0.2) is 47.4 Å². The van der Waals surface area contributed by atoms with Gasteiger partial charge in [0.1, 0.15) is 18.1 Å². The average molecular weight is 296 g/mol. The van der Waals surface area contributed by atoms with Crippen molar-refractivity contribution in [3.05, 3.63) is 24.0 Å². The Morgan fingerprint density at radius 3 is 2.80 bits per heavy atom. The van der Waals surface area contributed by atoms with Crippen LogP contribution in [-0.2, 0) is 17.8 Å². The highest BCUT2D eigenvalue weighted by Crippen LogP contribution is 2.22. The molecular weight excluding hydrogens is 278 g/mol. The minimum atomic E-state index is 0.0240. The summed E-state index contributed by atoms with van der Waals surface area (Å²) in [5.41, 5.74) is 1.73. The van der Waals surface area contributed by atoms with Gasteiger partial charge in [0.15, 0.2) is 0 Å². The van der Waals surface area contributed by atoms with Crippen LogP contribution in [0.4, 0.5) is 0 Å². The van der Waals surface area contributed by atoms with Gasteiger partial charge in [-0.2, -0.15) is 0 Å². The highest BCUT2D eigenvalue weighted by atomic mass is 35.5. The van der Waals surface area contributed by atoms with Crippen LogP contribution in [0.25, 0.3) is 11.0 Å². The maximum Gasteiger partial charge on any atom is 0.242 e. The van der Waals surface area contributed by atoms with E-state index in [1.165, 1.54) is 0 Å². The maximum absolute atomic E-state index is 12.0. The smallest absolute Gasteiger partial charge is 0.242 e. The number of hydrogen-bond donors (Lipinski definition) is 0. The Balaban J connectivity index is 2.48. The summed E-state index contributed by atoms with van der Waals surface area (Å²) in [6.07, 6.45) is 0.624. The third kappa shape index (κ3) is 2.88. The highest BCUT2D eigenvalue weighted by Gasteiger charge is 2.14. The Kier molecular flexibility index (Phi) is 4.49. The van der Waals surface area contributed by atoms with Gasteiger partial charge in [0, 0.05) is 32.5 Å². The Labute approximate surface area is 123 Å². The molecule has 6 heteroatoms. The van der Waals surface area contributed by atoms with E-state index in [2.05, 4.69) is 4.98 Å². The summed E-state index contributed by atoms with van der Waals surface area (Å²) in [6, 6.07) is 5.65. The van der Waals surface area contributed by atoms with Gasteiger partial charge in [-0.05, 0) is 12.1 Å². The largest absolute Gasteiger partial charge is 0.497 e. The third-order valence-corrected chi connectivity index (χ3v) is 3.33. The number of ether oxygens (including phenoxy) is 1. The molecule has 20 heavy (non-hydrogen) atoms. The number of amides is 1. The Morgan fingerprint density at radius 1 is 1.45 bits per heavy atom. The van der Waals surface area contributed by atoms with E-state index in [4.69, 9.17) is 16.3 Å². The maximum atomic E-state index is 12.0. The van der Waals surface area contributed by atoms with Gasteiger partial charge in [-0.15, -0.1) is 11.6 Å². The number of aromatic nitrogens is 2. The average Bonchev–Trinajstić information content (AvgIpc) is 2.76. The molecule has 0 spiro atoms. The third-order valence-electron chi connectivity index (χ3n) is 3.14. The van der Waals surface area contributed by atoms with Crippen molar-refractivity contribution < 1.29 is 9.53 Å². The second-order valence-electron chi connectivity index (χ2n) is 4.70. The van der Waals surface area contributed by atoms with Crippen LogP contribution in [0.15, 0.2) is 18.2 Å². The van der Waals surface area contributed by atoms with Gasteiger partial charge >= 0.3 is 0 Å². The van der Waals surface area contributed by atoms with Gasteiger partial charge < -0.3 is 14.2 Å². The number of hydrogen-bond acceptors (Lipinski definition) is 3. The summed E-state index contributed by atoms with van der Waals surface area (Å²) in [7, 11) is 5.10. The number of nitrogens with zero attached hydrogens (tertiary/aromatic N) is 3. The van der Waals surface area contributed by atoms with Crippen LogP contribution in [0, 0.1) is 0 Å². The number of alkyl halides is 1. The fourth-order valence-corrected chi connectivity index (χ4v) is 2.18. The monoisotopic (exact) mass is 295 g/mol. The van der Waals surface area contributed by atoms with Gasteiger partial charge in [-0.3, -0.25) is 4.79 Å². The lowest BCUT2D eigenvalue weighted by Gasteiger charge is -2.13. The molecule has 1 aromatic heterocycles. The second-order valence-corrected chi connectivity index (χ2v) is 5.07. The standard InChI is InChI=1S/C14H18ClN3O2/c1-17(2)14(19)9-18-12-5-4-10(20-3)8-11(12)16-13(18)6-7-15/h4-5,8H,6-7,9H2,1-3H3. The van der Waals surface area contributed by atoms with Crippen molar-refractivity contribution in [2.24, 2.45) is 0 Å². The van der Waals surface area contributed by atoms with Crippen LogP contribution in [0.3, 0.4) is 0 Å². The van der Waals surface area contributed by atoms with E-state index in [0.717, 1.165) is 22.6 Å². The highest BCUT2D eigenvalue weighted by molar-refractivity contribution is 6.17. The lowest BCUT2D eigenvalue weighted by atomic mass is 10.3. The van der Waals surface area contributed by atoms with E-state index >= 15 is 0 Å². The molecule has 2 rings (SSSR count). The summed E-state index contributed by atoms with van der Waals surface area (Å²) < 4.78 is 7.12. The summed E-state index contributed by atoms with van der Waals surface area (Å²) in [4.78, 5) is 18.1. The molecule has 1 aromatic carbocycles. The first-order valence-corrected chi connectivity index (χ1v) is 6.89. The van der Waals surface area contributed by atoms with E-state index in [1.807, 2.05) is 22.8 Å². The summed E-state index contributed by atoms with van der Waals surface area (Å²) in [5.74, 6) is 2.06. The molecule has 0 saturated carbocycles. The molecule has 5 nitrogen and oxygen atoms in total. The van der Waals surface area contributed by atoms with Crippen molar-refractivity contribution >= 4 is 28.5 Å². The molecule has 0 aliphatic heterocycles. The minimum Gasteiger partial charge on any atom is -0.497 e. The molecule has 0 saturated heterocycles.